The molecule has 1 aliphatic heterocycles. The maximum atomic E-state index is 15.2. The van der Waals surface area contributed by atoms with E-state index in [0.29, 0.717) is 40.4 Å². The van der Waals surface area contributed by atoms with Crippen LogP contribution in [-0.4, -0.2) is 20.6 Å². The van der Waals surface area contributed by atoms with Crippen LogP contribution in [0.1, 0.15) is 79.2 Å². The van der Waals surface area contributed by atoms with Crippen molar-refractivity contribution in [2.24, 2.45) is 11.8 Å². The minimum absolute atomic E-state index is 0.0425. The molecular weight excluding hydrogens is 417 g/mol. The Morgan fingerprint density at radius 3 is 2.15 bits per heavy atom. The molecule has 2 unspecified atom stereocenters. The number of hydrogen-bond donors (Lipinski definition) is 0. The Bertz CT molecular complexity index is 951. The summed E-state index contributed by atoms with van der Waals surface area (Å²) < 4.78 is 41.7. The van der Waals surface area contributed by atoms with Crippen molar-refractivity contribution in [2.75, 3.05) is 6.61 Å². The van der Waals surface area contributed by atoms with Crippen molar-refractivity contribution < 1.29 is 18.3 Å². The van der Waals surface area contributed by atoms with Crippen LogP contribution in [0.15, 0.2) is 30.3 Å². The third-order valence-corrected chi connectivity index (χ3v) is 7.64. The summed E-state index contributed by atoms with van der Waals surface area (Å²) in [5.41, 5.74) is 3.56. The summed E-state index contributed by atoms with van der Waals surface area (Å²) in [5.74, 6) is 1.85. The summed E-state index contributed by atoms with van der Waals surface area (Å²) in [6.45, 7) is 8.45. The van der Waals surface area contributed by atoms with Gasteiger partial charge < -0.3 is 9.47 Å². The molecule has 2 aromatic carbocycles. The number of alkyl halides is 2. The second-order valence-corrected chi connectivity index (χ2v) is 10.3. The first-order valence-electron chi connectivity index (χ1n) is 12.3. The third-order valence-electron chi connectivity index (χ3n) is 7.64. The Balaban J connectivity index is 1.45. The zero-order valence-corrected chi connectivity index (χ0v) is 20.3. The van der Waals surface area contributed by atoms with Crippen molar-refractivity contribution in [2.45, 2.75) is 84.4 Å². The number of hydrogen-bond acceptors (Lipinski definition) is 2. The standard InChI is InChI=1S/C28H35BF2O2/c1-17-5-12-26(32-16-17)22-8-6-21(7-9-22)23-13-19(3)27(20(4)14-23)28(30,31)33-24-10-11-25(29)18(2)15-24/h10-11,13-15,17,21-22,26H,5-9,12,16H2,1-4H3. The third kappa shape index (κ3) is 5.45. The van der Waals surface area contributed by atoms with Gasteiger partial charge in [0.15, 0.2) is 0 Å². The second-order valence-electron chi connectivity index (χ2n) is 10.3. The van der Waals surface area contributed by atoms with Crippen molar-refractivity contribution in [3.05, 3.63) is 58.1 Å². The topological polar surface area (TPSA) is 18.5 Å². The van der Waals surface area contributed by atoms with Crippen LogP contribution in [0.2, 0.25) is 0 Å². The van der Waals surface area contributed by atoms with Crippen molar-refractivity contribution in [3.63, 3.8) is 0 Å². The molecular formula is C28H35BF2O2. The highest BCUT2D eigenvalue weighted by atomic mass is 19.3. The van der Waals surface area contributed by atoms with E-state index in [2.05, 4.69) is 6.92 Å². The fraction of sp³-hybridized carbons (Fsp3) is 0.571. The van der Waals surface area contributed by atoms with E-state index in [1.165, 1.54) is 24.5 Å². The van der Waals surface area contributed by atoms with Gasteiger partial charge in [-0.1, -0.05) is 36.1 Å². The molecule has 1 saturated heterocycles. The first kappa shape index (κ1) is 24.3. The van der Waals surface area contributed by atoms with Crippen molar-refractivity contribution in [1.29, 1.82) is 0 Å². The molecule has 0 aromatic heterocycles. The lowest BCUT2D eigenvalue weighted by atomic mass is 9.74. The van der Waals surface area contributed by atoms with Gasteiger partial charge in [0.25, 0.3) is 0 Å². The molecule has 0 N–H and O–H groups in total. The molecule has 1 aliphatic carbocycles. The Kier molecular flexibility index (Phi) is 7.19. The van der Waals surface area contributed by atoms with E-state index in [-0.39, 0.29) is 11.3 Å². The molecule has 1 saturated carbocycles. The summed E-state index contributed by atoms with van der Waals surface area (Å²) in [4.78, 5) is 0. The Morgan fingerprint density at radius 2 is 1.58 bits per heavy atom. The van der Waals surface area contributed by atoms with Crippen molar-refractivity contribution in [1.82, 2.24) is 0 Å². The van der Waals surface area contributed by atoms with Gasteiger partial charge in [0.1, 0.15) is 13.6 Å². The summed E-state index contributed by atoms with van der Waals surface area (Å²) in [6, 6.07) is 8.52. The highest BCUT2D eigenvalue weighted by molar-refractivity contribution is 6.33. The van der Waals surface area contributed by atoms with E-state index < -0.39 is 6.11 Å². The molecule has 2 aromatic rings. The second kappa shape index (κ2) is 9.78. The van der Waals surface area contributed by atoms with Gasteiger partial charge in [-0.05, 0) is 106 Å². The molecule has 0 spiro atoms. The van der Waals surface area contributed by atoms with E-state index in [0.717, 1.165) is 37.9 Å². The summed E-state index contributed by atoms with van der Waals surface area (Å²) in [5, 5.41) is 0. The van der Waals surface area contributed by atoms with Crippen LogP contribution in [0.5, 0.6) is 5.75 Å². The van der Waals surface area contributed by atoms with Gasteiger partial charge in [0.2, 0.25) is 0 Å². The number of aryl methyl sites for hydroxylation is 3. The van der Waals surface area contributed by atoms with Crippen molar-refractivity contribution >= 4 is 13.3 Å². The minimum atomic E-state index is -3.41. The minimum Gasteiger partial charge on any atom is -0.429 e. The van der Waals surface area contributed by atoms with Gasteiger partial charge in [-0.15, -0.1) is 0 Å². The number of rotatable bonds is 5. The first-order chi connectivity index (χ1) is 15.6. The van der Waals surface area contributed by atoms with E-state index in [4.69, 9.17) is 17.3 Å². The van der Waals surface area contributed by atoms with Gasteiger partial charge in [-0.25, -0.2) is 0 Å². The van der Waals surface area contributed by atoms with E-state index >= 15 is 8.78 Å². The molecule has 1 heterocycles. The van der Waals surface area contributed by atoms with Crippen LogP contribution in [-0.2, 0) is 10.8 Å². The fourth-order valence-corrected chi connectivity index (χ4v) is 5.70. The SMILES string of the molecule is [B]c1ccc(OC(F)(F)c2c(C)cc(C3CCC(C4CCC(C)CO4)CC3)cc2C)cc1C. The summed E-state index contributed by atoms with van der Waals surface area (Å²) >= 11 is 0. The van der Waals surface area contributed by atoms with E-state index in [9.17, 15) is 0 Å². The van der Waals surface area contributed by atoms with Crippen LogP contribution >= 0.6 is 0 Å². The largest absolute Gasteiger partial charge is 0.429 e. The van der Waals surface area contributed by atoms with E-state index in [1.54, 1.807) is 32.9 Å². The quantitative estimate of drug-likeness (QED) is 0.475. The van der Waals surface area contributed by atoms with Crippen molar-refractivity contribution in [3.8, 4) is 5.75 Å². The molecule has 5 heteroatoms. The lowest BCUT2D eigenvalue weighted by Crippen LogP contribution is -2.33. The Morgan fingerprint density at radius 1 is 0.909 bits per heavy atom. The normalized spacial score (nSPS) is 26.2. The molecule has 176 valence electrons. The maximum Gasteiger partial charge on any atom is 0.427 e. The molecule has 0 amide bonds. The monoisotopic (exact) mass is 452 g/mol. The van der Waals surface area contributed by atoms with Crippen LogP contribution in [0, 0.1) is 32.6 Å². The van der Waals surface area contributed by atoms with Gasteiger partial charge in [0, 0.05) is 6.61 Å². The van der Waals surface area contributed by atoms with Crippen LogP contribution in [0.4, 0.5) is 8.78 Å². The van der Waals surface area contributed by atoms with Crippen LogP contribution in [0.25, 0.3) is 0 Å². The number of halogens is 2. The molecule has 2 fully saturated rings. The zero-order chi connectivity index (χ0) is 23.8. The molecule has 2 radical (unpaired) electrons. The van der Waals surface area contributed by atoms with E-state index in [1.807, 2.05) is 12.1 Å². The molecule has 2 atom stereocenters. The summed E-state index contributed by atoms with van der Waals surface area (Å²) in [6.07, 6.45) is 3.91. The summed E-state index contributed by atoms with van der Waals surface area (Å²) in [7, 11) is 5.81. The molecule has 2 aliphatic rings. The maximum absolute atomic E-state index is 15.2. The van der Waals surface area contributed by atoms with Crippen LogP contribution in [0.3, 0.4) is 0 Å². The first-order valence-corrected chi connectivity index (χ1v) is 12.3. The Labute approximate surface area is 198 Å². The highest BCUT2D eigenvalue weighted by Crippen LogP contribution is 2.42. The van der Waals surface area contributed by atoms with Gasteiger partial charge >= 0.3 is 6.11 Å². The van der Waals surface area contributed by atoms with Gasteiger partial charge in [-0.3, -0.25) is 0 Å². The lowest BCUT2D eigenvalue weighted by Gasteiger charge is -2.37. The number of benzene rings is 2. The molecule has 4 rings (SSSR count). The molecule has 33 heavy (non-hydrogen) atoms. The van der Waals surface area contributed by atoms with Gasteiger partial charge in [0.05, 0.1) is 11.7 Å². The smallest absolute Gasteiger partial charge is 0.427 e. The highest BCUT2D eigenvalue weighted by Gasteiger charge is 2.39. The predicted octanol–water partition coefficient (Wildman–Crippen LogP) is 6.62. The lowest BCUT2D eigenvalue weighted by molar-refractivity contribution is -0.186. The predicted molar refractivity (Wildman–Crippen MR) is 130 cm³/mol. The zero-order valence-electron chi connectivity index (χ0n) is 20.3. The molecule has 2 nitrogen and oxygen atoms in total. The molecule has 0 bridgehead atoms. The van der Waals surface area contributed by atoms with Crippen LogP contribution < -0.4 is 10.2 Å². The average molecular weight is 452 g/mol. The average Bonchev–Trinajstić information content (AvgIpc) is 2.76. The number of ether oxygens (including phenoxy) is 2. The Hall–Kier alpha value is -1.88. The van der Waals surface area contributed by atoms with Gasteiger partial charge in [-0.2, -0.15) is 8.78 Å². The fourth-order valence-electron chi connectivity index (χ4n) is 5.70.